The van der Waals surface area contributed by atoms with Crippen LogP contribution in [0.2, 0.25) is 0 Å². The summed E-state index contributed by atoms with van der Waals surface area (Å²) in [7, 11) is 0. The summed E-state index contributed by atoms with van der Waals surface area (Å²) in [5.41, 5.74) is 3.63. The van der Waals surface area contributed by atoms with Gasteiger partial charge in [0.05, 0.1) is 12.0 Å². The van der Waals surface area contributed by atoms with Gasteiger partial charge in [-0.25, -0.2) is 8.78 Å². The van der Waals surface area contributed by atoms with Crippen LogP contribution in [0.25, 0.3) is 5.57 Å². The van der Waals surface area contributed by atoms with E-state index in [0.29, 0.717) is 13.0 Å². The average molecular weight is 499 g/mol. The van der Waals surface area contributed by atoms with Gasteiger partial charge in [-0.3, -0.25) is 19.8 Å². The van der Waals surface area contributed by atoms with Crippen LogP contribution < -0.4 is 16.0 Å². The SMILES string of the molecule is Cc1ccc(C2=CSC3C(=O)NC(N4CCCC(C(=O)NCc5ccc(F)cc5F)C4)NC23)cc1. The molecule has 2 saturated heterocycles. The minimum Gasteiger partial charge on any atom is -0.352 e. The number of carbonyl (C=O) groups excluding carboxylic acids is 2. The van der Waals surface area contributed by atoms with Crippen molar-refractivity contribution in [3.05, 3.63) is 76.2 Å². The monoisotopic (exact) mass is 498 g/mol. The third kappa shape index (κ3) is 5.12. The summed E-state index contributed by atoms with van der Waals surface area (Å²) in [6.45, 7) is 3.28. The summed E-state index contributed by atoms with van der Waals surface area (Å²) in [5.74, 6) is -1.79. The lowest BCUT2D eigenvalue weighted by molar-refractivity contribution is -0.129. The quantitative estimate of drug-likeness (QED) is 0.591. The van der Waals surface area contributed by atoms with Gasteiger partial charge in [-0.05, 0) is 42.4 Å². The summed E-state index contributed by atoms with van der Waals surface area (Å²) in [6.07, 6.45) is 1.15. The largest absolute Gasteiger partial charge is 0.352 e. The number of halogens is 2. The van der Waals surface area contributed by atoms with Crippen LogP contribution in [0, 0.1) is 24.5 Å². The summed E-state index contributed by atoms with van der Waals surface area (Å²) in [6, 6.07) is 11.5. The molecule has 3 N–H and O–H groups in total. The summed E-state index contributed by atoms with van der Waals surface area (Å²) < 4.78 is 27.0. The maximum Gasteiger partial charge on any atom is 0.237 e. The number of rotatable bonds is 5. The summed E-state index contributed by atoms with van der Waals surface area (Å²) >= 11 is 1.53. The van der Waals surface area contributed by atoms with Gasteiger partial charge in [-0.1, -0.05) is 35.9 Å². The van der Waals surface area contributed by atoms with Crippen LogP contribution in [0.3, 0.4) is 0 Å². The minimum atomic E-state index is -0.675. The molecule has 5 rings (SSSR count). The van der Waals surface area contributed by atoms with E-state index in [0.717, 1.165) is 30.2 Å². The first-order valence-electron chi connectivity index (χ1n) is 11.8. The van der Waals surface area contributed by atoms with Crippen LogP contribution in [0.5, 0.6) is 0 Å². The highest BCUT2D eigenvalue weighted by atomic mass is 32.2. The van der Waals surface area contributed by atoms with Crippen LogP contribution in [0.4, 0.5) is 8.78 Å². The zero-order valence-electron chi connectivity index (χ0n) is 19.4. The van der Waals surface area contributed by atoms with Crippen LogP contribution in [0.1, 0.15) is 29.5 Å². The Kier molecular flexibility index (Phi) is 6.91. The highest BCUT2D eigenvalue weighted by Crippen LogP contribution is 2.38. The van der Waals surface area contributed by atoms with Gasteiger partial charge in [0.15, 0.2) is 0 Å². The molecule has 2 aromatic carbocycles. The molecule has 3 aliphatic rings. The zero-order chi connectivity index (χ0) is 24.5. The van der Waals surface area contributed by atoms with Gasteiger partial charge >= 0.3 is 0 Å². The van der Waals surface area contributed by atoms with E-state index in [4.69, 9.17) is 0 Å². The number of amides is 2. The molecular formula is C26H28F2N4O2S. The number of aryl methyl sites for hydroxylation is 1. The van der Waals surface area contributed by atoms with E-state index in [2.05, 4.69) is 50.5 Å². The van der Waals surface area contributed by atoms with E-state index in [1.165, 1.54) is 29.5 Å². The van der Waals surface area contributed by atoms with Gasteiger partial charge < -0.3 is 10.6 Å². The molecule has 184 valence electrons. The number of nitrogens with zero attached hydrogens (tertiary/aromatic N) is 1. The predicted octanol–water partition coefficient (Wildman–Crippen LogP) is 3.13. The standard InChI is InChI=1S/C26H28F2N4O2S/c1-15-4-6-16(7-5-15)20-14-35-23-22(20)30-26(31-25(23)34)32-10-2-3-18(13-32)24(33)29-12-17-8-9-19(27)11-21(17)28/h4-9,11,14,18,22-23,26,30H,2-3,10,12-13H2,1H3,(H,29,33)(H,31,34). The van der Waals surface area contributed by atoms with Crippen molar-refractivity contribution in [1.29, 1.82) is 0 Å². The van der Waals surface area contributed by atoms with Crippen molar-refractivity contribution >= 4 is 29.1 Å². The fraction of sp³-hybridized carbons (Fsp3) is 0.385. The third-order valence-electron chi connectivity index (χ3n) is 6.90. The van der Waals surface area contributed by atoms with Gasteiger partial charge in [0.1, 0.15) is 23.2 Å². The van der Waals surface area contributed by atoms with Gasteiger partial charge in [0.2, 0.25) is 11.8 Å². The number of carbonyl (C=O) groups is 2. The first kappa shape index (κ1) is 24.0. The molecule has 0 aromatic heterocycles. The lowest BCUT2D eigenvalue weighted by atomic mass is 9.94. The van der Waals surface area contributed by atoms with Gasteiger partial charge in [-0.2, -0.15) is 0 Å². The lowest BCUT2D eigenvalue weighted by Crippen LogP contribution is -2.69. The molecule has 0 aliphatic carbocycles. The maximum atomic E-state index is 13.9. The average Bonchev–Trinajstić information content (AvgIpc) is 3.28. The van der Waals surface area contributed by atoms with Gasteiger partial charge in [0.25, 0.3) is 0 Å². The van der Waals surface area contributed by atoms with Crippen molar-refractivity contribution in [3.8, 4) is 0 Å². The summed E-state index contributed by atoms with van der Waals surface area (Å²) in [5, 5.41) is 11.3. The fourth-order valence-corrected chi connectivity index (χ4v) is 6.07. The van der Waals surface area contributed by atoms with Crippen molar-refractivity contribution in [2.24, 2.45) is 5.92 Å². The molecule has 4 atom stereocenters. The zero-order valence-corrected chi connectivity index (χ0v) is 20.2. The van der Waals surface area contributed by atoms with Crippen LogP contribution in [0.15, 0.2) is 47.9 Å². The maximum absolute atomic E-state index is 13.9. The number of thioether (sulfide) groups is 1. The molecule has 0 radical (unpaired) electrons. The topological polar surface area (TPSA) is 73.5 Å². The van der Waals surface area contributed by atoms with Crippen molar-refractivity contribution in [1.82, 2.24) is 20.9 Å². The molecule has 0 bridgehead atoms. The Morgan fingerprint density at radius 3 is 2.77 bits per heavy atom. The van der Waals surface area contributed by atoms with E-state index >= 15 is 0 Å². The molecule has 2 aromatic rings. The first-order chi connectivity index (χ1) is 16.9. The van der Waals surface area contributed by atoms with E-state index in [-0.39, 0.29) is 47.4 Å². The van der Waals surface area contributed by atoms with Crippen molar-refractivity contribution < 1.29 is 18.4 Å². The highest BCUT2D eigenvalue weighted by molar-refractivity contribution is 8.04. The Labute approximate surface area is 207 Å². The number of likely N-dealkylation sites (tertiary alicyclic amines) is 1. The van der Waals surface area contributed by atoms with Gasteiger partial charge in [-0.15, -0.1) is 11.8 Å². The smallest absolute Gasteiger partial charge is 0.237 e. The summed E-state index contributed by atoms with van der Waals surface area (Å²) in [4.78, 5) is 27.8. The molecule has 2 amide bonds. The van der Waals surface area contributed by atoms with Crippen LogP contribution in [-0.4, -0.2) is 47.4 Å². The molecule has 3 heterocycles. The molecule has 6 nitrogen and oxygen atoms in total. The lowest BCUT2D eigenvalue weighted by Gasteiger charge is -2.43. The number of benzene rings is 2. The first-order valence-corrected chi connectivity index (χ1v) is 12.8. The van der Waals surface area contributed by atoms with E-state index < -0.39 is 11.6 Å². The Morgan fingerprint density at radius 1 is 1.20 bits per heavy atom. The molecular weight excluding hydrogens is 470 g/mol. The third-order valence-corrected chi connectivity index (χ3v) is 8.07. The molecule has 4 unspecified atom stereocenters. The Morgan fingerprint density at radius 2 is 2.00 bits per heavy atom. The van der Waals surface area contributed by atoms with E-state index in [1.807, 2.05) is 6.92 Å². The molecule has 0 spiro atoms. The Hall–Kier alpha value is -2.75. The normalized spacial score (nSPS) is 26.6. The second-order valence-electron chi connectivity index (χ2n) is 9.34. The second kappa shape index (κ2) is 10.1. The minimum absolute atomic E-state index is 0.00550. The van der Waals surface area contributed by atoms with E-state index in [1.54, 1.807) is 0 Å². The molecule has 9 heteroatoms. The molecule has 3 aliphatic heterocycles. The number of piperidine rings is 1. The Balaban J connectivity index is 1.22. The van der Waals surface area contributed by atoms with Crippen molar-refractivity contribution in [3.63, 3.8) is 0 Å². The second-order valence-corrected chi connectivity index (χ2v) is 10.4. The van der Waals surface area contributed by atoms with Crippen molar-refractivity contribution in [2.75, 3.05) is 13.1 Å². The Bertz CT molecular complexity index is 1160. The van der Waals surface area contributed by atoms with Crippen LogP contribution >= 0.6 is 11.8 Å². The van der Waals surface area contributed by atoms with E-state index in [9.17, 15) is 18.4 Å². The number of fused-ring (bicyclic) bond motifs is 1. The molecule has 2 fully saturated rings. The molecule has 0 saturated carbocycles. The highest BCUT2D eigenvalue weighted by Gasteiger charge is 2.44. The van der Waals surface area contributed by atoms with Crippen molar-refractivity contribution in [2.45, 2.75) is 43.9 Å². The number of hydrogen-bond acceptors (Lipinski definition) is 5. The number of hydrogen-bond donors (Lipinski definition) is 3. The van der Waals surface area contributed by atoms with Gasteiger partial charge in [0, 0.05) is 31.3 Å². The number of nitrogens with one attached hydrogen (secondary N) is 3. The molecule has 35 heavy (non-hydrogen) atoms. The predicted molar refractivity (Wildman–Crippen MR) is 132 cm³/mol. The fourth-order valence-electron chi connectivity index (χ4n) is 4.92. The van der Waals surface area contributed by atoms with Crippen LogP contribution in [-0.2, 0) is 16.1 Å².